The number of aryl methyl sites for hydroxylation is 1. The molecule has 1 atom stereocenters. The zero-order valence-electron chi connectivity index (χ0n) is 11.7. The first-order chi connectivity index (χ1) is 10.1. The fraction of sp³-hybridized carbons (Fsp3) is 0.333. The van der Waals surface area contributed by atoms with E-state index >= 15 is 0 Å². The summed E-state index contributed by atoms with van der Waals surface area (Å²) in [7, 11) is 1.74. The van der Waals surface area contributed by atoms with Gasteiger partial charge in [-0.25, -0.2) is 4.79 Å². The summed E-state index contributed by atoms with van der Waals surface area (Å²) < 4.78 is 7.65. The average molecular weight is 304 g/mol. The van der Waals surface area contributed by atoms with Crippen molar-refractivity contribution in [3.05, 3.63) is 36.0 Å². The molecule has 1 fully saturated rings. The Kier molecular flexibility index (Phi) is 3.88. The maximum Gasteiger partial charge on any atom is 0.356 e. The molecule has 1 aliphatic heterocycles. The van der Waals surface area contributed by atoms with Gasteiger partial charge >= 0.3 is 5.97 Å². The highest BCUT2D eigenvalue weighted by atomic mass is 32.2. The number of carboxylic acids is 1. The lowest BCUT2D eigenvalue weighted by molar-refractivity contribution is 0.0689. The Morgan fingerprint density at radius 1 is 1.48 bits per heavy atom. The van der Waals surface area contributed by atoms with Crippen molar-refractivity contribution in [1.29, 1.82) is 0 Å². The van der Waals surface area contributed by atoms with Crippen molar-refractivity contribution >= 4 is 17.7 Å². The third-order valence-electron chi connectivity index (χ3n) is 3.44. The Morgan fingerprint density at radius 2 is 2.29 bits per heavy atom. The fourth-order valence-corrected chi connectivity index (χ4v) is 3.48. The van der Waals surface area contributed by atoms with Gasteiger partial charge in [-0.1, -0.05) is 12.1 Å². The van der Waals surface area contributed by atoms with Gasteiger partial charge in [0.2, 0.25) is 0 Å². The highest BCUT2D eigenvalue weighted by Gasteiger charge is 2.20. The molecule has 1 unspecified atom stereocenters. The molecule has 0 amide bonds. The molecular formula is C15H16N2O3S. The van der Waals surface area contributed by atoms with Crippen LogP contribution in [-0.2, 0) is 7.05 Å². The lowest BCUT2D eigenvalue weighted by Gasteiger charge is -2.16. The molecule has 2 aromatic rings. The third-order valence-corrected chi connectivity index (χ3v) is 4.58. The summed E-state index contributed by atoms with van der Waals surface area (Å²) in [6.45, 7) is 0. The van der Waals surface area contributed by atoms with Crippen molar-refractivity contribution in [3.8, 4) is 17.0 Å². The molecule has 0 radical (unpaired) electrons. The molecule has 3 rings (SSSR count). The highest BCUT2D eigenvalue weighted by Crippen LogP contribution is 2.32. The summed E-state index contributed by atoms with van der Waals surface area (Å²) >= 11 is 1.89. The summed E-state index contributed by atoms with van der Waals surface area (Å²) in [6.07, 6.45) is 1.27. The van der Waals surface area contributed by atoms with Gasteiger partial charge in [0.05, 0.1) is 5.69 Å². The number of carbonyl (C=O) groups is 1. The standard InChI is InChI=1S/C15H16N2O3S/c1-17-13(8-12(16-17)15(18)19)11-4-2-3-5-14(11)20-10-6-7-21-9-10/h2-5,8,10H,6-7,9H2,1H3,(H,18,19). The maximum absolute atomic E-state index is 11.1. The molecule has 1 aromatic heterocycles. The van der Waals surface area contributed by atoms with Crippen LogP contribution in [-0.4, -0.2) is 38.5 Å². The van der Waals surface area contributed by atoms with Crippen molar-refractivity contribution < 1.29 is 14.6 Å². The van der Waals surface area contributed by atoms with Crippen LogP contribution in [0, 0.1) is 0 Å². The van der Waals surface area contributed by atoms with Gasteiger partial charge in [0.1, 0.15) is 11.9 Å². The number of benzene rings is 1. The molecule has 1 aromatic carbocycles. The molecule has 0 spiro atoms. The van der Waals surface area contributed by atoms with E-state index in [-0.39, 0.29) is 11.8 Å². The topological polar surface area (TPSA) is 64.4 Å². The summed E-state index contributed by atoms with van der Waals surface area (Å²) in [5, 5.41) is 13.1. The molecule has 21 heavy (non-hydrogen) atoms. The molecule has 110 valence electrons. The Balaban J connectivity index is 1.96. The van der Waals surface area contributed by atoms with Crippen molar-refractivity contribution in [2.24, 2.45) is 7.05 Å². The van der Waals surface area contributed by atoms with E-state index in [1.807, 2.05) is 36.0 Å². The largest absolute Gasteiger partial charge is 0.489 e. The van der Waals surface area contributed by atoms with E-state index in [0.717, 1.165) is 34.9 Å². The molecule has 2 heterocycles. The van der Waals surface area contributed by atoms with Crippen LogP contribution in [0.25, 0.3) is 11.3 Å². The Labute approximate surface area is 126 Å². The molecule has 1 N–H and O–H groups in total. The zero-order chi connectivity index (χ0) is 14.8. The second kappa shape index (κ2) is 5.81. The van der Waals surface area contributed by atoms with Crippen molar-refractivity contribution in [2.75, 3.05) is 11.5 Å². The normalized spacial score (nSPS) is 17.9. The van der Waals surface area contributed by atoms with Gasteiger partial charge in [-0.2, -0.15) is 16.9 Å². The number of para-hydroxylation sites is 1. The van der Waals surface area contributed by atoms with E-state index in [1.54, 1.807) is 17.8 Å². The first-order valence-corrected chi connectivity index (χ1v) is 7.92. The van der Waals surface area contributed by atoms with Crippen molar-refractivity contribution in [3.63, 3.8) is 0 Å². The van der Waals surface area contributed by atoms with E-state index in [9.17, 15) is 4.79 Å². The number of aromatic carboxylic acids is 1. The first-order valence-electron chi connectivity index (χ1n) is 6.76. The molecule has 0 aliphatic carbocycles. The molecule has 1 saturated heterocycles. The number of thioether (sulfide) groups is 1. The van der Waals surface area contributed by atoms with Crippen molar-refractivity contribution in [2.45, 2.75) is 12.5 Å². The van der Waals surface area contributed by atoms with Crippen LogP contribution in [0.4, 0.5) is 0 Å². The molecule has 5 nitrogen and oxygen atoms in total. The zero-order valence-corrected chi connectivity index (χ0v) is 12.5. The lowest BCUT2D eigenvalue weighted by Crippen LogP contribution is -2.15. The van der Waals surface area contributed by atoms with Gasteiger partial charge in [0, 0.05) is 18.4 Å². The van der Waals surface area contributed by atoms with Gasteiger partial charge in [0.15, 0.2) is 5.69 Å². The SMILES string of the molecule is Cn1nc(C(=O)O)cc1-c1ccccc1OC1CCSC1. The third kappa shape index (κ3) is 2.90. The predicted octanol–water partition coefficient (Wildman–Crippen LogP) is 2.67. The highest BCUT2D eigenvalue weighted by molar-refractivity contribution is 7.99. The minimum absolute atomic E-state index is 0.0405. The van der Waals surface area contributed by atoms with E-state index in [0.29, 0.717) is 0 Å². The molecule has 0 saturated carbocycles. The molecular weight excluding hydrogens is 288 g/mol. The quantitative estimate of drug-likeness (QED) is 0.941. The van der Waals surface area contributed by atoms with Gasteiger partial charge in [-0.05, 0) is 30.4 Å². The lowest BCUT2D eigenvalue weighted by atomic mass is 10.1. The predicted molar refractivity (Wildman–Crippen MR) is 82.0 cm³/mol. The van der Waals surface area contributed by atoms with Gasteiger partial charge in [0.25, 0.3) is 0 Å². The fourth-order valence-electron chi connectivity index (χ4n) is 2.39. The number of rotatable bonds is 4. The first kappa shape index (κ1) is 14.0. The van der Waals surface area contributed by atoms with Gasteiger partial charge < -0.3 is 9.84 Å². The summed E-state index contributed by atoms with van der Waals surface area (Å²) in [6, 6.07) is 9.27. The van der Waals surface area contributed by atoms with E-state index in [1.165, 1.54) is 0 Å². The minimum atomic E-state index is -1.03. The summed E-state index contributed by atoms with van der Waals surface area (Å²) in [5.41, 5.74) is 1.66. The molecule has 1 aliphatic rings. The number of aromatic nitrogens is 2. The summed E-state index contributed by atoms with van der Waals surface area (Å²) in [5.74, 6) is 1.88. The van der Waals surface area contributed by atoms with Crippen LogP contribution in [0.3, 0.4) is 0 Å². The van der Waals surface area contributed by atoms with Gasteiger partial charge in [-0.3, -0.25) is 4.68 Å². The monoisotopic (exact) mass is 304 g/mol. The second-order valence-corrected chi connectivity index (χ2v) is 6.09. The van der Waals surface area contributed by atoms with Crippen LogP contribution in [0.1, 0.15) is 16.9 Å². The Hall–Kier alpha value is -1.95. The van der Waals surface area contributed by atoms with Crippen LogP contribution in [0.15, 0.2) is 30.3 Å². The number of carboxylic acid groups (broad SMARTS) is 1. The van der Waals surface area contributed by atoms with Crippen LogP contribution in [0.2, 0.25) is 0 Å². The van der Waals surface area contributed by atoms with E-state index < -0.39 is 5.97 Å². The number of ether oxygens (including phenoxy) is 1. The number of hydrogen-bond donors (Lipinski definition) is 1. The van der Waals surface area contributed by atoms with Crippen molar-refractivity contribution in [1.82, 2.24) is 9.78 Å². The van der Waals surface area contributed by atoms with E-state index in [4.69, 9.17) is 9.84 Å². The summed E-state index contributed by atoms with van der Waals surface area (Å²) in [4.78, 5) is 11.1. The average Bonchev–Trinajstić information content (AvgIpc) is 3.09. The van der Waals surface area contributed by atoms with Crippen LogP contribution < -0.4 is 4.74 Å². The minimum Gasteiger partial charge on any atom is -0.489 e. The van der Waals surface area contributed by atoms with Gasteiger partial charge in [-0.15, -0.1) is 0 Å². The van der Waals surface area contributed by atoms with E-state index in [2.05, 4.69) is 5.10 Å². The second-order valence-electron chi connectivity index (χ2n) is 4.94. The number of hydrogen-bond acceptors (Lipinski definition) is 4. The van der Waals surface area contributed by atoms with Crippen LogP contribution >= 0.6 is 11.8 Å². The number of nitrogens with zero attached hydrogens (tertiary/aromatic N) is 2. The molecule has 6 heteroatoms. The Bertz CT molecular complexity index is 663. The maximum atomic E-state index is 11.1. The molecule has 0 bridgehead atoms. The van der Waals surface area contributed by atoms with Crippen LogP contribution in [0.5, 0.6) is 5.75 Å². The Morgan fingerprint density at radius 3 is 2.95 bits per heavy atom. The smallest absolute Gasteiger partial charge is 0.356 e.